The number of carbonyl (C=O) groups excluding carboxylic acids is 3. The average molecular weight is 1090 g/mol. The molecule has 79 heavy (non-hydrogen) atoms. The lowest BCUT2D eigenvalue weighted by Gasteiger charge is -2.18. The summed E-state index contributed by atoms with van der Waals surface area (Å²) in [6.07, 6.45) is 96.4. The summed E-state index contributed by atoms with van der Waals surface area (Å²) in [4.78, 5) is 38.3. The predicted octanol–water partition coefficient (Wildman–Crippen LogP) is 21.9. The highest BCUT2D eigenvalue weighted by Crippen LogP contribution is 2.14. The van der Waals surface area contributed by atoms with Crippen LogP contribution in [0, 0.1) is 0 Å². The highest BCUT2D eigenvalue weighted by Gasteiger charge is 2.19. The molecule has 0 amide bonds. The fourth-order valence-corrected chi connectivity index (χ4v) is 8.02. The molecule has 0 fully saturated rings. The predicted molar refractivity (Wildman–Crippen MR) is 343 cm³/mol. The second-order valence-corrected chi connectivity index (χ2v) is 20.2. The van der Waals surface area contributed by atoms with Crippen molar-refractivity contribution in [3.05, 3.63) is 170 Å². The van der Waals surface area contributed by atoms with Crippen LogP contribution in [-0.4, -0.2) is 37.2 Å². The van der Waals surface area contributed by atoms with Crippen LogP contribution in [0.5, 0.6) is 0 Å². The molecule has 0 saturated heterocycles. The van der Waals surface area contributed by atoms with Crippen LogP contribution in [0.1, 0.15) is 252 Å². The van der Waals surface area contributed by atoms with Gasteiger partial charge in [-0.25, -0.2) is 0 Å². The molecular weight excluding hydrogens is 973 g/mol. The molecule has 0 aromatic carbocycles. The number of allylic oxidation sites excluding steroid dienone is 28. The average Bonchev–Trinajstić information content (AvgIpc) is 3.45. The Labute approximate surface area is 485 Å². The minimum Gasteiger partial charge on any atom is -0.462 e. The molecule has 0 heterocycles. The highest BCUT2D eigenvalue weighted by molar-refractivity contribution is 5.71. The van der Waals surface area contributed by atoms with Crippen molar-refractivity contribution in [1.29, 1.82) is 0 Å². The quantitative estimate of drug-likeness (QED) is 0.0261. The van der Waals surface area contributed by atoms with E-state index in [4.69, 9.17) is 14.2 Å². The van der Waals surface area contributed by atoms with Crippen LogP contribution in [0.4, 0.5) is 0 Å². The molecule has 442 valence electrons. The van der Waals surface area contributed by atoms with E-state index in [9.17, 15) is 14.4 Å². The number of carbonyl (C=O) groups is 3. The normalized spacial score (nSPS) is 13.3. The van der Waals surface area contributed by atoms with E-state index in [2.05, 4.69) is 191 Å². The first-order valence-electron chi connectivity index (χ1n) is 31.6. The maximum atomic E-state index is 12.9. The van der Waals surface area contributed by atoms with Crippen molar-refractivity contribution in [2.75, 3.05) is 13.2 Å². The van der Waals surface area contributed by atoms with Gasteiger partial charge in [0.05, 0.1) is 0 Å². The number of hydrogen-bond acceptors (Lipinski definition) is 6. The van der Waals surface area contributed by atoms with Crippen molar-refractivity contribution in [2.24, 2.45) is 0 Å². The van der Waals surface area contributed by atoms with Gasteiger partial charge in [0.25, 0.3) is 0 Å². The third-order valence-corrected chi connectivity index (χ3v) is 12.7. The summed E-state index contributed by atoms with van der Waals surface area (Å²) in [5.74, 6) is -1.02. The minimum atomic E-state index is -0.828. The molecule has 0 radical (unpaired) electrons. The molecule has 0 aliphatic carbocycles. The standard InChI is InChI=1S/C73H114O6/c1-4-7-10-13-16-19-22-25-28-31-33-34-35-36-37-38-40-42-45-48-51-54-57-60-63-66-72(75)78-69-70(68-77-71(74)65-62-59-56-53-50-47-44-41-30-27-24-21-18-15-12-9-6-3)79-73(76)67-64-61-58-55-52-49-46-43-39-32-29-26-23-20-17-14-11-8-5-2/h7,9-10,12,16-21,25-30,33-34,36-37,40,42,44,47-48,51,53,56,70H,4-6,8,11,13-15,22-24,31-32,35,38-39,41,43,45-46,49-50,52,54-55,57-69H2,1-3H3/b10-7-,12-9-,19-16-,20-17-,21-18-,28-25-,29-26-,30-27-,34-33-,37-36-,42-40-,47-44-,51-48-,56-53-. The smallest absolute Gasteiger partial charge is 0.306 e. The minimum absolute atomic E-state index is 0.123. The summed E-state index contributed by atoms with van der Waals surface area (Å²) in [5, 5.41) is 0. The van der Waals surface area contributed by atoms with Crippen LogP contribution in [0.15, 0.2) is 170 Å². The SMILES string of the molecule is CC/C=C\C/C=C\C/C=C\C/C=C\C/C=C\C/C=C\C/C=C\CCCCCC(=O)OCC(COC(=O)CCC/C=C\C/C=C\C/C=C\C/C=C\C/C=C\CC)OC(=O)CCCCCCCCCCC/C=C\C/C=C\CCCCC. The van der Waals surface area contributed by atoms with Gasteiger partial charge in [-0.1, -0.05) is 255 Å². The Morgan fingerprint density at radius 3 is 0.835 bits per heavy atom. The van der Waals surface area contributed by atoms with Gasteiger partial charge in [0, 0.05) is 19.3 Å². The topological polar surface area (TPSA) is 78.9 Å². The van der Waals surface area contributed by atoms with Gasteiger partial charge in [-0.15, -0.1) is 0 Å². The Bertz CT molecular complexity index is 1820. The lowest BCUT2D eigenvalue weighted by Crippen LogP contribution is -2.30. The number of esters is 3. The first-order valence-corrected chi connectivity index (χ1v) is 31.6. The summed E-state index contributed by atoms with van der Waals surface area (Å²) >= 11 is 0. The molecule has 0 aliphatic heterocycles. The molecule has 0 aromatic rings. The zero-order valence-corrected chi connectivity index (χ0v) is 50.6. The molecular formula is C73H114O6. The van der Waals surface area contributed by atoms with Crippen LogP contribution in [0.3, 0.4) is 0 Å². The van der Waals surface area contributed by atoms with Crippen LogP contribution < -0.4 is 0 Å². The van der Waals surface area contributed by atoms with Gasteiger partial charge in [0.15, 0.2) is 6.10 Å². The number of rotatable bonds is 55. The highest BCUT2D eigenvalue weighted by atomic mass is 16.6. The summed E-state index contributed by atoms with van der Waals surface area (Å²) < 4.78 is 16.8. The summed E-state index contributed by atoms with van der Waals surface area (Å²) in [6.45, 7) is 6.30. The fourth-order valence-electron chi connectivity index (χ4n) is 8.02. The molecule has 6 nitrogen and oxygen atoms in total. The van der Waals surface area contributed by atoms with Crippen molar-refractivity contribution in [2.45, 2.75) is 258 Å². The van der Waals surface area contributed by atoms with E-state index in [1.54, 1.807) is 0 Å². The zero-order chi connectivity index (χ0) is 57.1. The molecule has 0 aliphatic rings. The number of hydrogen-bond donors (Lipinski definition) is 0. The van der Waals surface area contributed by atoms with E-state index < -0.39 is 6.10 Å². The largest absolute Gasteiger partial charge is 0.462 e. The van der Waals surface area contributed by atoms with E-state index in [0.717, 1.165) is 135 Å². The third-order valence-electron chi connectivity index (χ3n) is 12.7. The molecule has 0 saturated carbocycles. The van der Waals surface area contributed by atoms with Crippen LogP contribution in [0.25, 0.3) is 0 Å². The van der Waals surface area contributed by atoms with E-state index >= 15 is 0 Å². The fraction of sp³-hybridized carbons (Fsp3) is 0.575. The van der Waals surface area contributed by atoms with Crippen molar-refractivity contribution in [3.8, 4) is 0 Å². The molecule has 0 rings (SSSR count). The maximum Gasteiger partial charge on any atom is 0.306 e. The molecule has 0 bridgehead atoms. The third kappa shape index (κ3) is 63.5. The first kappa shape index (κ1) is 73.8. The van der Waals surface area contributed by atoms with Gasteiger partial charge >= 0.3 is 17.9 Å². The monoisotopic (exact) mass is 1090 g/mol. The molecule has 6 heteroatoms. The summed E-state index contributed by atoms with van der Waals surface area (Å²) in [6, 6.07) is 0. The van der Waals surface area contributed by atoms with Crippen LogP contribution in [-0.2, 0) is 28.6 Å². The Hall–Kier alpha value is -5.23. The van der Waals surface area contributed by atoms with E-state index in [1.165, 1.54) is 70.6 Å². The van der Waals surface area contributed by atoms with Crippen molar-refractivity contribution in [1.82, 2.24) is 0 Å². The van der Waals surface area contributed by atoms with Gasteiger partial charge in [-0.05, 0) is 148 Å². The van der Waals surface area contributed by atoms with Gasteiger partial charge in [0.1, 0.15) is 13.2 Å². The molecule has 0 N–H and O–H groups in total. The van der Waals surface area contributed by atoms with Crippen molar-refractivity contribution >= 4 is 17.9 Å². The van der Waals surface area contributed by atoms with Gasteiger partial charge in [-0.3, -0.25) is 14.4 Å². The molecule has 0 aromatic heterocycles. The Kier molecular flexibility index (Phi) is 61.0. The Morgan fingerprint density at radius 2 is 0.506 bits per heavy atom. The first-order chi connectivity index (χ1) is 39.0. The van der Waals surface area contributed by atoms with Gasteiger partial charge < -0.3 is 14.2 Å². The van der Waals surface area contributed by atoms with E-state index in [0.29, 0.717) is 19.3 Å². The summed E-state index contributed by atoms with van der Waals surface area (Å²) in [5.41, 5.74) is 0. The molecule has 0 spiro atoms. The Morgan fingerprint density at radius 1 is 0.266 bits per heavy atom. The summed E-state index contributed by atoms with van der Waals surface area (Å²) in [7, 11) is 0. The molecule has 1 atom stereocenters. The lowest BCUT2D eigenvalue weighted by atomic mass is 10.1. The molecule has 1 unspecified atom stereocenters. The van der Waals surface area contributed by atoms with Crippen molar-refractivity contribution in [3.63, 3.8) is 0 Å². The van der Waals surface area contributed by atoms with Gasteiger partial charge in [0.2, 0.25) is 0 Å². The van der Waals surface area contributed by atoms with E-state index in [1.807, 2.05) is 0 Å². The Balaban J connectivity index is 4.55. The second kappa shape index (κ2) is 65.3. The van der Waals surface area contributed by atoms with Gasteiger partial charge in [-0.2, -0.15) is 0 Å². The second-order valence-electron chi connectivity index (χ2n) is 20.2. The zero-order valence-electron chi connectivity index (χ0n) is 50.6. The van der Waals surface area contributed by atoms with Crippen molar-refractivity contribution < 1.29 is 28.6 Å². The maximum absolute atomic E-state index is 12.9. The number of ether oxygens (including phenoxy) is 3. The van der Waals surface area contributed by atoms with Crippen LogP contribution in [0.2, 0.25) is 0 Å². The lowest BCUT2D eigenvalue weighted by molar-refractivity contribution is -0.167. The van der Waals surface area contributed by atoms with Crippen LogP contribution >= 0.6 is 0 Å². The number of unbranched alkanes of at least 4 members (excludes halogenated alkanes) is 16. The van der Waals surface area contributed by atoms with E-state index in [-0.39, 0.29) is 37.5 Å².